The normalized spacial score (nSPS) is 27.4. The average Bonchev–Trinajstić information content (AvgIpc) is 2.96. The van der Waals surface area contributed by atoms with Gasteiger partial charge in [-0.3, -0.25) is 14.3 Å². The van der Waals surface area contributed by atoms with Crippen LogP contribution >= 0.6 is 0 Å². The SMILES string of the molecule is C#C[C@]1(CC)O[C@@H](n2cc(C)c(=O)[nH]c2=O)C(O)[C@H]1OCc1ccccc1. The highest BCUT2D eigenvalue weighted by Crippen LogP contribution is 2.40. The summed E-state index contributed by atoms with van der Waals surface area (Å²) < 4.78 is 13.0. The van der Waals surface area contributed by atoms with Crippen molar-refractivity contribution in [3.63, 3.8) is 0 Å². The fourth-order valence-electron chi connectivity index (χ4n) is 3.27. The van der Waals surface area contributed by atoms with Crippen LogP contribution in [0.1, 0.15) is 30.7 Å². The van der Waals surface area contributed by atoms with Gasteiger partial charge < -0.3 is 14.6 Å². The van der Waals surface area contributed by atoms with Gasteiger partial charge in [0.25, 0.3) is 5.56 Å². The molecule has 1 aromatic carbocycles. The first kappa shape index (κ1) is 19.1. The third kappa shape index (κ3) is 3.47. The van der Waals surface area contributed by atoms with Crippen molar-refractivity contribution in [3.05, 3.63) is 68.5 Å². The van der Waals surface area contributed by atoms with E-state index in [9.17, 15) is 14.7 Å². The van der Waals surface area contributed by atoms with Crippen LogP contribution in [0.4, 0.5) is 0 Å². The van der Waals surface area contributed by atoms with Crippen LogP contribution in [0.2, 0.25) is 0 Å². The number of ether oxygens (including phenoxy) is 2. The van der Waals surface area contributed by atoms with Gasteiger partial charge in [0.1, 0.15) is 12.2 Å². The molecule has 0 aliphatic carbocycles. The number of terminal acetylenes is 1. The number of benzene rings is 1. The molecule has 0 bridgehead atoms. The third-order valence-electron chi connectivity index (χ3n) is 4.85. The molecule has 0 amide bonds. The summed E-state index contributed by atoms with van der Waals surface area (Å²) in [6.45, 7) is 3.63. The lowest BCUT2D eigenvalue weighted by Crippen LogP contribution is -2.43. The molecule has 3 rings (SSSR count). The number of aromatic amines is 1. The Labute approximate surface area is 156 Å². The van der Waals surface area contributed by atoms with Crippen molar-refractivity contribution >= 4 is 0 Å². The zero-order valence-electron chi connectivity index (χ0n) is 15.2. The van der Waals surface area contributed by atoms with E-state index in [1.165, 1.54) is 6.20 Å². The van der Waals surface area contributed by atoms with Gasteiger partial charge in [-0.05, 0) is 18.9 Å². The maximum Gasteiger partial charge on any atom is 0.330 e. The van der Waals surface area contributed by atoms with Crippen LogP contribution in [0.25, 0.3) is 0 Å². The Hall–Kier alpha value is -2.66. The van der Waals surface area contributed by atoms with Crippen molar-refractivity contribution < 1.29 is 14.6 Å². The van der Waals surface area contributed by atoms with Crippen LogP contribution in [0, 0.1) is 19.3 Å². The number of nitrogens with one attached hydrogen (secondary N) is 1. The molecule has 4 atom stereocenters. The fourth-order valence-corrected chi connectivity index (χ4v) is 3.27. The van der Waals surface area contributed by atoms with E-state index >= 15 is 0 Å². The summed E-state index contributed by atoms with van der Waals surface area (Å²) in [5.74, 6) is 2.59. The molecule has 1 aliphatic heterocycles. The minimum atomic E-state index is -1.19. The first-order valence-electron chi connectivity index (χ1n) is 8.73. The van der Waals surface area contributed by atoms with Gasteiger partial charge >= 0.3 is 5.69 Å². The van der Waals surface area contributed by atoms with Crippen LogP contribution in [0.15, 0.2) is 46.1 Å². The van der Waals surface area contributed by atoms with E-state index < -0.39 is 35.3 Å². The minimum Gasteiger partial charge on any atom is -0.386 e. The van der Waals surface area contributed by atoms with Crippen LogP contribution < -0.4 is 11.2 Å². The fraction of sp³-hybridized carbons (Fsp3) is 0.400. The molecule has 7 nitrogen and oxygen atoms in total. The number of rotatable bonds is 5. The number of hydrogen-bond donors (Lipinski definition) is 2. The van der Waals surface area contributed by atoms with Gasteiger partial charge in [-0.1, -0.05) is 43.2 Å². The monoisotopic (exact) mass is 370 g/mol. The molecule has 0 spiro atoms. The Morgan fingerprint density at radius 1 is 1.37 bits per heavy atom. The molecule has 1 saturated heterocycles. The summed E-state index contributed by atoms with van der Waals surface area (Å²) in [5.41, 5.74) is -1.11. The van der Waals surface area contributed by atoms with Gasteiger partial charge in [-0.2, -0.15) is 0 Å². The van der Waals surface area contributed by atoms with Crippen LogP contribution in [0.5, 0.6) is 0 Å². The molecular weight excluding hydrogens is 348 g/mol. The van der Waals surface area contributed by atoms with Crippen molar-refractivity contribution in [2.24, 2.45) is 0 Å². The molecular formula is C20H22N2O5. The van der Waals surface area contributed by atoms with Gasteiger partial charge in [-0.15, -0.1) is 6.42 Å². The number of aliphatic hydroxyl groups excluding tert-OH is 1. The minimum absolute atomic E-state index is 0.238. The Kier molecular flexibility index (Phi) is 5.33. The first-order chi connectivity index (χ1) is 12.9. The lowest BCUT2D eigenvalue weighted by Gasteiger charge is -2.28. The zero-order valence-corrected chi connectivity index (χ0v) is 15.2. The highest BCUT2D eigenvalue weighted by atomic mass is 16.6. The van der Waals surface area contributed by atoms with Gasteiger partial charge in [0, 0.05) is 11.8 Å². The maximum absolute atomic E-state index is 12.2. The number of aryl methyl sites for hydroxylation is 1. The molecule has 0 radical (unpaired) electrons. The molecule has 1 aliphatic rings. The smallest absolute Gasteiger partial charge is 0.330 e. The maximum atomic E-state index is 12.2. The van der Waals surface area contributed by atoms with Crippen molar-refractivity contribution in [1.29, 1.82) is 0 Å². The quantitative estimate of drug-likeness (QED) is 0.769. The lowest BCUT2D eigenvalue weighted by atomic mass is 9.93. The highest BCUT2D eigenvalue weighted by molar-refractivity contribution is 5.20. The van der Waals surface area contributed by atoms with Gasteiger partial charge in [0.15, 0.2) is 11.8 Å². The molecule has 0 saturated carbocycles. The van der Waals surface area contributed by atoms with Crippen molar-refractivity contribution in [3.8, 4) is 12.3 Å². The summed E-state index contributed by atoms with van der Waals surface area (Å²) in [5, 5.41) is 10.9. The number of aliphatic hydroxyl groups is 1. The summed E-state index contributed by atoms with van der Waals surface area (Å²) in [6.07, 6.45) is 4.37. The lowest BCUT2D eigenvalue weighted by molar-refractivity contribution is -0.0881. The van der Waals surface area contributed by atoms with Crippen molar-refractivity contribution in [2.45, 2.75) is 50.9 Å². The Balaban J connectivity index is 1.93. The number of hydrogen-bond acceptors (Lipinski definition) is 5. The average molecular weight is 370 g/mol. The largest absolute Gasteiger partial charge is 0.386 e. The van der Waals surface area contributed by atoms with Crippen molar-refractivity contribution in [1.82, 2.24) is 9.55 Å². The Bertz CT molecular complexity index is 959. The second kappa shape index (κ2) is 7.53. The highest BCUT2D eigenvalue weighted by Gasteiger charge is 2.54. The van der Waals surface area contributed by atoms with E-state index in [1.807, 2.05) is 37.3 Å². The second-order valence-corrected chi connectivity index (χ2v) is 6.58. The van der Waals surface area contributed by atoms with E-state index in [1.54, 1.807) is 6.92 Å². The van der Waals surface area contributed by atoms with Crippen LogP contribution in [-0.4, -0.2) is 32.5 Å². The predicted octanol–water partition coefficient (Wildman–Crippen LogP) is 1.10. The topological polar surface area (TPSA) is 93.6 Å². The standard InChI is InChI=1S/C20H22N2O5/c1-4-20(5-2)16(26-12-14-9-7-6-8-10-14)15(23)18(27-20)22-11-13(3)17(24)21-19(22)25/h1,6-11,15-16,18,23H,5,12H2,2-3H3,(H,21,24,25)/t15?,16-,18-,20-/m1/s1. The molecule has 7 heteroatoms. The molecule has 2 aromatic rings. The number of aromatic nitrogens is 2. The van der Waals surface area contributed by atoms with Crippen LogP contribution in [-0.2, 0) is 16.1 Å². The molecule has 1 aromatic heterocycles. The number of H-pyrrole nitrogens is 1. The third-order valence-corrected chi connectivity index (χ3v) is 4.85. The molecule has 27 heavy (non-hydrogen) atoms. The van der Waals surface area contributed by atoms with Gasteiger partial charge in [0.05, 0.1) is 6.61 Å². The van der Waals surface area contributed by atoms with Gasteiger partial charge in [0.2, 0.25) is 0 Å². The Morgan fingerprint density at radius 3 is 2.70 bits per heavy atom. The van der Waals surface area contributed by atoms with Crippen molar-refractivity contribution in [2.75, 3.05) is 0 Å². The van der Waals surface area contributed by atoms with E-state index in [0.717, 1.165) is 10.1 Å². The molecule has 1 unspecified atom stereocenters. The van der Waals surface area contributed by atoms with E-state index in [0.29, 0.717) is 12.0 Å². The predicted molar refractivity (Wildman–Crippen MR) is 99.1 cm³/mol. The summed E-state index contributed by atoms with van der Waals surface area (Å²) in [4.78, 5) is 26.1. The molecule has 2 N–H and O–H groups in total. The van der Waals surface area contributed by atoms with E-state index in [2.05, 4.69) is 10.9 Å². The second-order valence-electron chi connectivity index (χ2n) is 6.58. The molecule has 1 fully saturated rings. The van der Waals surface area contributed by atoms with Crippen LogP contribution in [0.3, 0.4) is 0 Å². The summed E-state index contributed by atoms with van der Waals surface area (Å²) in [7, 11) is 0. The first-order valence-corrected chi connectivity index (χ1v) is 8.73. The van der Waals surface area contributed by atoms with Gasteiger partial charge in [-0.25, -0.2) is 4.79 Å². The Morgan fingerprint density at radius 2 is 2.07 bits per heavy atom. The summed E-state index contributed by atoms with van der Waals surface area (Å²) in [6, 6.07) is 9.48. The molecule has 2 heterocycles. The van der Waals surface area contributed by atoms with E-state index in [-0.39, 0.29) is 6.61 Å². The van der Waals surface area contributed by atoms with E-state index in [4.69, 9.17) is 15.9 Å². The number of nitrogens with zero attached hydrogens (tertiary/aromatic N) is 1. The zero-order chi connectivity index (χ0) is 19.6. The summed E-state index contributed by atoms with van der Waals surface area (Å²) >= 11 is 0. The molecule has 142 valence electrons.